The summed E-state index contributed by atoms with van der Waals surface area (Å²) in [5.74, 6) is -1.54. The van der Waals surface area contributed by atoms with Gasteiger partial charge in [0.1, 0.15) is 18.8 Å². The summed E-state index contributed by atoms with van der Waals surface area (Å²) in [7, 11) is 0. The molecule has 0 aliphatic rings. The first kappa shape index (κ1) is 25.9. The van der Waals surface area contributed by atoms with Crippen LogP contribution in [0, 0.1) is 0 Å². The normalized spacial score (nSPS) is 12.3. The number of hydrogen-bond acceptors (Lipinski definition) is 10. The number of hydrogen-bond donors (Lipinski definition) is 1. The van der Waals surface area contributed by atoms with Gasteiger partial charge in [-0.15, -0.1) is 0 Å². The van der Waals surface area contributed by atoms with Crippen molar-refractivity contribution in [2.24, 2.45) is 5.73 Å². The third-order valence-corrected chi connectivity index (χ3v) is 3.81. The third kappa shape index (κ3) is 9.47. The summed E-state index contributed by atoms with van der Waals surface area (Å²) in [5.41, 5.74) is 6.48. The zero-order valence-electron chi connectivity index (χ0n) is 18.2. The highest BCUT2D eigenvalue weighted by Crippen LogP contribution is 2.30. The number of rotatable bonds is 11. The molecule has 0 saturated heterocycles. The molecule has 0 unspecified atom stereocenters. The number of carbonyl (C=O) groups excluding carboxylic acids is 4. The monoisotopic (exact) mass is 439 g/mol. The summed E-state index contributed by atoms with van der Waals surface area (Å²) < 4.78 is 25.0. The molecule has 0 aromatic heterocycles. The Hall–Kier alpha value is -3.14. The van der Waals surface area contributed by atoms with E-state index in [1.54, 1.807) is 33.8 Å². The summed E-state index contributed by atoms with van der Waals surface area (Å²) in [6, 6.07) is 3.52. The van der Waals surface area contributed by atoms with E-state index in [0.717, 1.165) is 0 Å². The maximum Gasteiger partial charge on any atom is 0.508 e. The van der Waals surface area contributed by atoms with Crippen LogP contribution < -0.4 is 15.2 Å². The van der Waals surface area contributed by atoms with Crippen molar-refractivity contribution >= 4 is 24.1 Å². The first-order valence-electron chi connectivity index (χ1n) is 9.99. The fourth-order valence-electron chi connectivity index (χ4n) is 2.24. The van der Waals surface area contributed by atoms with Crippen LogP contribution >= 0.6 is 0 Å². The predicted molar refractivity (Wildman–Crippen MR) is 109 cm³/mol. The lowest BCUT2D eigenvalue weighted by Gasteiger charge is -2.17. The van der Waals surface area contributed by atoms with Crippen LogP contribution in [0.4, 0.5) is 4.79 Å². The molecular formula is C21H29NO9. The second kappa shape index (κ2) is 13.2. The topological polar surface area (TPSA) is 140 Å². The smallest absolute Gasteiger partial charge is 0.458 e. The van der Waals surface area contributed by atoms with Gasteiger partial charge in [0.15, 0.2) is 11.5 Å². The molecular weight excluding hydrogens is 410 g/mol. The first-order chi connectivity index (χ1) is 14.7. The van der Waals surface area contributed by atoms with Crippen molar-refractivity contribution in [3.8, 4) is 11.5 Å². The van der Waals surface area contributed by atoms with Crippen molar-refractivity contribution in [3.63, 3.8) is 0 Å². The molecule has 0 fully saturated rings. The molecule has 1 aromatic carbocycles. The molecule has 0 heterocycles. The average Bonchev–Trinajstić information content (AvgIpc) is 2.73. The van der Waals surface area contributed by atoms with Gasteiger partial charge in [0.25, 0.3) is 0 Å². The van der Waals surface area contributed by atoms with Gasteiger partial charge in [0.2, 0.25) is 0 Å². The molecule has 0 bridgehead atoms. The van der Waals surface area contributed by atoms with Gasteiger partial charge in [0, 0.05) is 12.8 Å². The van der Waals surface area contributed by atoms with E-state index in [9.17, 15) is 19.2 Å². The molecule has 0 aliphatic carbocycles. The van der Waals surface area contributed by atoms with Crippen LogP contribution in [0.3, 0.4) is 0 Å². The lowest BCUT2D eigenvalue weighted by molar-refractivity contribution is -0.152. The second-order valence-corrected chi connectivity index (χ2v) is 6.49. The number of carbonyl (C=O) groups is 4. The van der Waals surface area contributed by atoms with Gasteiger partial charge < -0.3 is 29.4 Å². The molecule has 0 spiro atoms. The van der Waals surface area contributed by atoms with Crippen LogP contribution in [0.2, 0.25) is 0 Å². The molecule has 0 aliphatic heterocycles. The molecule has 10 nitrogen and oxygen atoms in total. The third-order valence-electron chi connectivity index (χ3n) is 3.81. The summed E-state index contributed by atoms with van der Waals surface area (Å²) >= 11 is 0. The van der Waals surface area contributed by atoms with Crippen molar-refractivity contribution in [2.75, 3.05) is 13.2 Å². The molecule has 1 aromatic rings. The molecule has 172 valence electrons. The zero-order valence-corrected chi connectivity index (χ0v) is 18.2. The summed E-state index contributed by atoms with van der Waals surface area (Å²) in [4.78, 5) is 46.7. The van der Waals surface area contributed by atoms with E-state index in [1.807, 2.05) is 0 Å². The number of nitrogens with two attached hydrogens (primary N) is 1. The van der Waals surface area contributed by atoms with E-state index in [1.165, 1.54) is 12.1 Å². The minimum Gasteiger partial charge on any atom is -0.458 e. The highest BCUT2D eigenvalue weighted by molar-refractivity contribution is 5.77. The van der Waals surface area contributed by atoms with Gasteiger partial charge in [-0.25, -0.2) is 4.79 Å². The average molecular weight is 439 g/mol. The van der Waals surface area contributed by atoms with Crippen LogP contribution in [0.1, 0.15) is 46.1 Å². The number of ether oxygens (including phenoxy) is 5. The summed E-state index contributed by atoms with van der Waals surface area (Å²) in [6.45, 7) is 6.44. The Bertz CT molecular complexity index is 778. The Morgan fingerprint density at radius 1 is 0.935 bits per heavy atom. The SMILES string of the molecule is CCOC(=O)OC[C@H](C)OC(=O)[C@@H](N)Cc1ccc(OC(=O)CC)c(OC(=O)CC)c1. The van der Waals surface area contributed by atoms with Crippen LogP contribution in [0.25, 0.3) is 0 Å². The van der Waals surface area contributed by atoms with Gasteiger partial charge in [0.05, 0.1) is 6.61 Å². The van der Waals surface area contributed by atoms with Gasteiger partial charge in [-0.3, -0.25) is 14.4 Å². The quantitative estimate of drug-likeness (QED) is 0.403. The molecule has 0 radical (unpaired) electrons. The maximum absolute atomic E-state index is 12.2. The van der Waals surface area contributed by atoms with Crippen molar-refractivity contribution in [3.05, 3.63) is 23.8 Å². The summed E-state index contributed by atoms with van der Waals surface area (Å²) in [5, 5.41) is 0. The van der Waals surface area contributed by atoms with Crippen molar-refractivity contribution < 1.29 is 42.9 Å². The van der Waals surface area contributed by atoms with Gasteiger partial charge in [-0.2, -0.15) is 0 Å². The zero-order chi connectivity index (χ0) is 23.4. The van der Waals surface area contributed by atoms with E-state index < -0.39 is 36.2 Å². The van der Waals surface area contributed by atoms with Gasteiger partial charge in [-0.05, 0) is 38.0 Å². The van der Waals surface area contributed by atoms with Crippen molar-refractivity contribution in [1.82, 2.24) is 0 Å². The molecule has 2 N–H and O–H groups in total. The molecule has 1 rings (SSSR count). The van der Waals surface area contributed by atoms with Crippen molar-refractivity contribution in [2.45, 2.75) is 59.1 Å². The van der Waals surface area contributed by atoms with E-state index >= 15 is 0 Å². The molecule has 10 heteroatoms. The Morgan fingerprint density at radius 3 is 2.13 bits per heavy atom. The molecule has 2 atom stereocenters. The Morgan fingerprint density at radius 2 is 1.55 bits per heavy atom. The predicted octanol–water partition coefficient (Wildman–Crippen LogP) is 2.29. The van der Waals surface area contributed by atoms with Crippen LogP contribution in [0.5, 0.6) is 11.5 Å². The highest BCUT2D eigenvalue weighted by Gasteiger charge is 2.21. The van der Waals surface area contributed by atoms with E-state index in [0.29, 0.717) is 5.56 Å². The molecule has 0 amide bonds. The van der Waals surface area contributed by atoms with Crippen LogP contribution in [-0.2, 0) is 35.0 Å². The Balaban J connectivity index is 2.77. The Labute approximate surface area is 180 Å². The lowest BCUT2D eigenvalue weighted by atomic mass is 10.1. The second-order valence-electron chi connectivity index (χ2n) is 6.49. The van der Waals surface area contributed by atoms with Gasteiger partial charge in [-0.1, -0.05) is 19.9 Å². The number of esters is 3. The fourth-order valence-corrected chi connectivity index (χ4v) is 2.24. The van der Waals surface area contributed by atoms with E-state index in [2.05, 4.69) is 4.74 Å². The molecule has 0 saturated carbocycles. The van der Waals surface area contributed by atoms with Crippen molar-refractivity contribution in [1.29, 1.82) is 0 Å². The molecule has 31 heavy (non-hydrogen) atoms. The van der Waals surface area contributed by atoms with E-state index in [-0.39, 0.29) is 44.0 Å². The van der Waals surface area contributed by atoms with Crippen LogP contribution in [-0.4, -0.2) is 49.4 Å². The fraction of sp³-hybridized carbons (Fsp3) is 0.524. The Kier molecular flexibility index (Phi) is 11.0. The minimum atomic E-state index is -1.02. The lowest BCUT2D eigenvalue weighted by Crippen LogP contribution is -2.37. The highest BCUT2D eigenvalue weighted by atomic mass is 16.7. The van der Waals surface area contributed by atoms with Crippen LogP contribution in [0.15, 0.2) is 18.2 Å². The maximum atomic E-state index is 12.2. The summed E-state index contributed by atoms with van der Waals surface area (Å²) in [6.07, 6.45) is -1.23. The number of benzene rings is 1. The van der Waals surface area contributed by atoms with Gasteiger partial charge >= 0.3 is 24.1 Å². The standard InChI is InChI=1S/C21H29NO9/c1-5-18(23)30-16-9-8-14(11-17(16)31-19(24)6-2)10-15(22)20(25)29-13(4)12-28-21(26)27-7-3/h8-9,11,13,15H,5-7,10,12,22H2,1-4H3/t13-,15-/m0/s1. The largest absolute Gasteiger partial charge is 0.508 e. The minimum absolute atomic E-state index is 0.0583. The van der Waals surface area contributed by atoms with E-state index in [4.69, 9.17) is 24.7 Å². The first-order valence-corrected chi connectivity index (χ1v) is 9.99.